The highest BCUT2D eigenvalue weighted by molar-refractivity contribution is 6.11. The van der Waals surface area contributed by atoms with E-state index in [2.05, 4.69) is 62.2 Å². The first kappa shape index (κ1) is 21.7. The van der Waals surface area contributed by atoms with Gasteiger partial charge < -0.3 is 0 Å². The van der Waals surface area contributed by atoms with E-state index in [1.807, 2.05) is 38.4 Å². The average molecular weight is 379 g/mol. The lowest BCUT2D eigenvalue weighted by molar-refractivity contribution is -0.508. The summed E-state index contributed by atoms with van der Waals surface area (Å²) in [7, 11) is 0. The Hall–Kier alpha value is -2.61. The van der Waals surface area contributed by atoms with Crippen LogP contribution in [0.25, 0.3) is 0 Å². The Morgan fingerprint density at radius 2 is 1.82 bits per heavy atom. The molecular formula is C23H32N5+. The van der Waals surface area contributed by atoms with Crippen molar-refractivity contribution in [1.82, 2.24) is 0 Å². The van der Waals surface area contributed by atoms with Crippen molar-refractivity contribution in [3.05, 3.63) is 28.8 Å². The summed E-state index contributed by atoms with van der Waals surface area (Å²) in [5.41, 5.74) is 3.11. The molecule has 0 saturated carbocycles. The summed E-state index contributed by atoms with van der Waals surface area (Å²) < 4.78 is 2.28. The molecular weight excluding hydrogens is 346 g/mol. The molecule has 2 rings (SSSR count). The van der Waals surface area contributed by atoms with Crippen molar-refractivity contribution in [3.8, 4) is 6.07 Å². The van der Waals surface area contributed by atoms with E-state index in [1.165, 1.54) is 0 Å². The van der Waals surface area contributed by atoms with Crippen LogP contribution in [0.2, 0.25) is 0 Å². The number of rotatable bonds is 5. The van der Waals surface area contributed by atoms with Crippen molar-refractivity contribution in [2.24, 2.45) is 20.4 Å². The maximum Gasteiger partial charge on any atom is 0.274 e. The van der Waals surface area contributed by atoms with Gasteiger partial charge in [-0.25, -0.2) is 4.58 Å². The molecule has 5 nitrogen and oxygen atoms in total. The molecule has 0 spiro atoms. The van der Waals surface area contributed by atoms with Crippen molar-refractivity contribution in [2.45, 2.75) is 67.3 Å². The number of nitrogens with zero attached hydrogens (tertiary/aromatic N) is 5. The van der Waals surface area contributed by atoms with Gasteiger partial charge >= 0.3 is 0 Å². The van der Waals surface area contributed by atoms with E-state index in [9.17, 15) is 5.26 Å². The molecule has 0 radical (unpaired) electrons. The summed E-state index contributed by atoms with van der Waals surface area (Å²) in [4.78, 5) is 13.6. The van der Waals surface area contributed by atoms with Crippen LogP contribution < -0.4 is 0 Å². The average Bonchev–Trinajstić information content (AvgIpc) is 2.53. The lowest BCUT2D eigenvalue weighted by Gasteiger charge is -2.35. The summed E-state index contributed by atoms with van der Waals surface area (Å²) in [5, 5.41) is 9.61. The highest BCUT2D eigenvalue weighted by atomic mass is 15.3. The Kier molecular flexibility index (Phi) is 6.34. The molecule has 1 aliphatic heterocycles. The molecule has 5 heteroatoms. The van der Waals surface area contributed by atoms with Gasteiger partial charge in [-0.05, 0) is 52.3 Å². The summed E-state index contributed by atoms with van der Waals surface area (Å²) in [6.45, 7) is 17.8. The first-order valence-corrected chi connectivity index (χ1v) is 9.83. The van der Waals surface area contributed by atoms with Gasteiger partial charge in [0.1, 0.15) is 0 Å². The lowest BCUT2D eigenvalue weighted by Crippen LogP contribution is -2.52. The second kappa shape index (κ2) is 8.18. The van der Waals surface area contributed by atoms with Crippen LogP contribution in [-0.4, -0.2) is 40.8 Å². The highest BCUT2D eigenvalue weighted by Crippen LogP contribution is 2.31. The predicted octanol–water partition coefficient (Wildman–Crippen LogP) is 5.07. The Morgan fingerprint density at radius 3 is 2.36 bits per heavy atom. The normalized spacial score (nSPS) is 15.2. The third kappa shape index (κ3) is 4.62. The molecule has 1 aliphatic rings. The van der Waals surface area contributed by atoms with E-state index in [0.29, 0.717) is 12.0 Å². The molecule has 0 aromatic heterocycles. The van der Waals surface area contributed by atoms with E-state index >= 15 is 0 Å². The molecule has 0 bridgehead atoms. The van der Waals surface area contributed by atoms with Crippen molar-refractivity contribution >= 4 is 29.8 Å². The number of aliphatic imine (C=N–C) groups is 3. The number of hydrogen-bond acceptors (Lipinski definition) is 4. The van der Waals surface area contributed by atoms with Gasteiger partial charge in [-0.3, -0.25) is 9.98 Å². The molecule has 1 aromatic rings. The van der Waals surface area contributed by atoms with Gasteiger partial charge in [0.05, 0.1) is 33.8 Å². The van der Waals surface area contributed by atoms with Crippen LogP contribution in [0.1, 0.15) is 71.6 Å². The molecule has 0 N–H and O–H groups in total. The summed E-state index contributed by atoms with van der Waals surface area (Å²) in [6.07, 6.45) is 4.37. The fourth-order valence-corrected chi connectivity index (χ4v) is 3.07. The standard InChI is InChI=1S/C23H32N5/c1-9-25-11-10-12-26-19-14-17(13-18(15-24)16(19)2)20-27-21(22(3,4)5)28(20)23(6,7)8/h11-14H,9-10H2,1-8H3/q+1. The van der Waals surface area contributed by atoms with Gasteiger partial charge in [-0.1, -0.05) is 25.8 Å². The van der Waals surface area contributed by atoms with Crippen LogP contribution in [0, 0.1) is 23.7 Å². The van der Waals surface area contributed by atoms with Crippen LogP contribution in [0.4, 0.5) is 5.69 Å². The van der Waals surface area contributed by atoms with Crippen molar-refractivity contribution in [3.63, 3.8) is 0 Å². The SMILES string of the molecule is CCN=CCC=Nc1cc(C2=[N+](C(C)(C)C)C(C(C)(C)C)=N2)cc(C#N)c1C. The summed E-state index contributed by atoms with van der Waals surface area (Å²) >= 11 is 0. The highest BCUT2D eigenvalue weighted by Gasteiger charge is 2.43. The zero-order valence-electron chi connectivity index (χ0n) is 18.5. The fraction of sp³-hybridized carbons (Fsp3) is 0.522. The molecule has 0 atom stereocenters. The molecule has 0 aliphatic carbocycles. The fourth-order valence-electron chi connectivity index (χ4n) is 3.07. The smallest absolute Gasteiger partial charge is 0.274 e. The van der Waals surface area contributed by atoms with E-state index in [4.69, 9.17) is 4.99 Å². The van der Waals surface area contributed by atoms with Gasteiger partial charge in [-0.15, -0.1) is 0 Å². The van der Waals surface area contributed by atoms with Crippen LogP contribution in [0.5, 0.6) is 0 Å². The molecule has 1 heterocycles. The first-order valence-electron chi connectivity index (χ1n) is 9.83. The molecule has 148 valence electrons. The van der Waals surface area contributed by atoms with Crippen molar-refractivity contribution in [1.29, 1.82) is 5.26 Å². The molecule has 0 amide bonds. The quantitative estimate of drug-likeness (QED) is 0.521. The molecule has 0 fully saturated rings. The Balaban J connectivity index is 2.53. The van der Waals surface area contributed by atoms with E-state index in [-0.39, 0.29) is 11.0 Å². The van der Waals surface area contributed by atoms with Crippen molar-refractivity contribution in [2.75, 3.05) is 6.54 Å². The van der Waals surface area contributed by atoms with Crippen molar-refractivity contribution < 1.29 is 4.58 Å². The second-order valence-corrected chi connectivity index (χ2v) is 9.02. The topological polar surface area (TPSA) is 63.9 Å². The van der Waals surface area contributed by atoms with Crippen LogP contribution >= 0.6 is 0 Å². The zero-order valence-corrected chi connectivity index (χ0v) is 18.5. The minimum atomic E-state index is -0.0998. The Morgan fingerprint density at radius 1 is 1.14 bits per heavy atom. The summed E-state index contributed by atoms with van der Waals surface area (Å²) in [6, 6.07) is 6.25. The maximum atomic E-state index is 9.61. The molecule has 28 heavy (non-hydrogen) atoms. The minimum Gasteiger partial charge on any atom is -0.297 e. The van der Waals surface area contributed by atoms with Gasteiger partial charge in [0.2, 0.25) is 5.84 Å². The van der Waals surface area contributed by atoms with Gasteiger partial charge in [0.25, 0.3) is 5.84 Å². The Labute approximate surface area is 169 Å². The second-order valence-electron chi connectivity index (χ2n) is 9.02. The maximum absolute atomic E-state index is 9.61. The molecule has 0 unspecified atom stereocenters. The van der Waals surface area contributed by atoms with Gasteiger partial charge in [-0.2, -0.15) is 5.26 Å². The molecule has 0 saturated heterocycles. The minimum absolute atomic E-state index is 0.0425. The van der Waals surface area contributed by atoms with E-state index in [0.717, 1.165) is 35.0 Å². The van der Waals surface area contributed by atoms with E-state index < -0.39 is 0 Å². The van der Waals surface area contributed by atoms with Crippen LogP contribution in [-0.2, 0) is 0 Å². The Bertz CT molecular complexity index is 910. The van der Waals surface area contributed by atoms with Gasteiger partial charge in [0.15, 0.2) is 0 Å². The third-order valence-corrected chi connectivity index (χ3v) is 4.49. The van der Waals surface area contributed by atoms with E-state index in [1.54, 1.807) is 0 Å². The lowest BCUT2D eigenvalue weighted by atomic mass is 9.89. The van der Waals surface area contributed by atoms with Crippen LogP contribution in [0.3, 0.4) is 0 Å². The zero-order chi connectivity index (χ0) is 21.1. The number of benzene rings is 1. The largest absolute Gasteiger partial charge is 0.297 e. The number of nitriles is 1. The number of amidine groups is 2. The summed E-state index contributed by atoms with van der Waals surface area (Å²) in [5.74, 6) is 1.97. The van der Waals surface area contributed by atoms with Gasteiger partial charge in [0, 0.05) is 25.4 Å². The van der Waals surface area contributed by atoms with Crippen LogP contribution in [0.15, 0.2) is 27.1 Å². The number of hydrogen-bond donors (Lipinski definition) is 0. The molecule has 1 aromatic carbocycles. The first-order chi connectivity index (χ1) is 13.0. The monoisotopic (exact) mass is 378 g/mol. The third-order valence-electron chi connectivity index (χ3n) is 4.49. The predicted molar refractivity (Wildman–Crippen MR) is 119 cm³/mol.